The molecule has 1 aromatic carbocycles. The molecule has 98 valence electrons. The third-order valence-electron chi connectivity index (χ3n) is 2.51. The van der Waals surface area contributed by atoms with E-state index in [0.29, 0.717) is 11.1 Å². The number of amides is 1. The van der Waals surface area contributed by atoms with Crippen molar-refractivity contribution in [3.05, 3.63) is 33.3 Å². The average Bonchev–Trinajstić information content (AvgIpc) is 2.29. The first-order chi connectivity index (χ1) is 8.36. The van der Waals surface area contributed by atoms with Crippen molar-refractivity contribution < 1.29 is 19.1 Å². The van der Waals surface area contributed by atoms with Crippen LogP contribution in [0.1, 0.15) is 21.5 Å². The Labute approximate surface area is 112 Å². The van der Waals surface area contributed by atoms with Crippen molar-refractivity contribution in [2.24, 2.45) is 0 Å². The second kappa shape index (κ2) is 5.95. The monoisotopic (exact) mass is 317 g/mol. The zero-order valence-electron chi connectivity index (χ0n) is 9.96. The largest absolute Gasteiger partial charge is 0.480 e. The number of benzene rings is 1. The molecule has 6 heteroatoms. The summed E-state index contributed by atoms with van der Waals surface area (Å²) in [5, 5.41) is 10.8. The standard InChI is InChI=1S/C12H13BrFNO3/c1-6-4-9(13)7(2)3-8(6)11(16)15-10(5-14)12(17)18/h3-4,10H,5H2,1-2H3,(H,15,16)(H,17,18). The van der Waals surface area contributed by atoms with E-state index in [1.165, 1.54) is 0 Å². The Morgan fingerprint density at radius 2 is 2.00 bits per heavy atom. The quantitative estimate of drug-likeness (QED) is 0.894. The Balaban J connectivity index is 2.97. The summed E-state index contributed by atoms with van der Waals surface area (Å²) >= 11 is 3.33. The summed E-state index contributed by atoms with van der Waals surface area (Å²) in [6.45, 7) is 2.39. The number of carboxylic acids is 1. The number of hydrogen-bond acceptors (Lipinski definition) is 2. The molecule has 0 aromatic heterocycles. The van der Waals surface area contributed by atoms with Crippen LogP contribution >= 0.6 is 15.9 Å². The second-order valence-corrected chi connectivity index (χ2v) is 4.79. The van der Waals surface area contributed by atoms with Crippen molar-refractivity contribution in [2.75, 3.05) is 6.67 Å². The molecule has 0 saturated heterocycles. The van der Waals surface area contributed by atoms with Gasteiger partial charge in [-0.3, -0.25) is 4.79 Å². The lowest BCUT2D eigenvalue weighted by atomic mass is 10.0. The van der Waals surface area contributed by atoms with Crippen LogP contribution in [0.2, 0.25) is 0 Å². The lowest BCUT2D eigenvalue weighted by molar-refractivity contribution is -0.139. The summed E-state index contributed by atoms with van der Waals surface area (Å²) in [6, 6.07) is 1.88. The molecule has 0 heterocycles. The van der Waals surface area contributed by atoms with Crippen LogP contribution in [0.15, 0.2) is 16.6 Å². The minimum Gasteiger partial charge on any atom is -0.480 e. The van der Waals surface area contributed by atoms with Crippen molar-refractivity contribution in [1.82, 2.24) is 5.32 Å². The van der Waals surface area contributed by atoms with Gasteiger partial charge < -0.3 is 10.4 Å². The first-order valence-corrected chi connectivity index (χ1v) is 6.02. The summed E-state index contributed by atoms with van der Waals surface area (Å²) in [6.07, 6.45) is 0. The highest BCUT2D eigenvalue weighted by Crippen LogP contribution is 2.21. The van der Waals surface area contributed by atoms with Gasteiger partial charge in [-0.2, -0.15) is 0 Å². The van der Waals surface area contributed by atoms with Crippen molar-refractivity contribution in [1.29, 1.82) is 0 Å². The first-order valence-electron chi connectivity index (χ1n) is 5.23. The van der Waals surface area contributed by atoms with E-state index in [-0.39, 0.29) is 0 Å². The number of hydrogen-bond donors (Lipinski definition) is 2. The lowest BCUT2D eigenvalue weighted by Gasteiger charge is -2.13. The second-order valence-electron chi connectivity index (χ2n) is 3.93. The van der Waals surface area contributed by atoms with E-state index >= 15 is 0 Å². The molecule has 1 aromatic rings. The number of carbonyl (C=O) groups is 2. The Kier molecular flexibility index (Phi) is 4.84. The van der Waals surface area contributed by atoms with Gasteiger partial charge >= 0.3 is 5.97 Å². The lowest BCUT2D eigenvalue weighted by Crippen LogP contribution is -2.42. The summed E-state index contributed by atoms with van der Waals surface area (Å²) in [7, 11) is 0. The van der Waals surface area contributed by atoms with E-state index < -0.39 is 24.6 Å². The molecule has 1 amide bonds. The molecule has 4 nitrogen and oxygen atoms in total. The number of carboxylic acid groups (broad SMARTS) is 1. The minimum absolute atomic E-state index is 0.343. The van der Waals surface area contributed by atoms with Crippen LogP contribution in [0.3, 0.4) is 0 Å². The van der Waals surface area contributed by atoms with Gasteiger partial charge in [-0.1, -0.05) is 15.9 Å². The molecule has 1 unspecified atom stereocenters. The maximum Gasteiger partial charge on any atom is 0.328 e. The molecule has 18 heavy (non-hydrogen) atoms. The van der Waals surface area contributed by atoms with E-state index in [1.54, 1.807) is 19.1 Å². The van der Waals surface area contributed by atoms with Gasteiger partial charge in [0.15, 0.2) is 6.04 Å². The molecule has 0 fully saturated rings. The van der Waals surface area contributed by atoms with Crippen LogP contribution in [0.25, 0.3) is 0 Å². The number of halogens is 2. The van der Waals surface area contributed by atoms with Crippen molar-refractivity contribution in [3.8, 4) is 0 Å². The molecule has 0 bridgehead atoms. The normalized spacial score (nSPS) is 12.0. The molecule has 1 atom stereocenters. The van der Waals surface area contributed by atoms with Gasteiger partial charge in [-0.15, -0.1) is 0 Å². The smallest absolute Gasteiger partial charge is 0.328 e. The summed E-state index contributed by atoms with van der Waals surface area (Å²) < 4.78 is 13.3. The van der Waals surface area contributed by atoms with E-state index in [4.69, 9.17) is 5.11 Å². The molecule has 0 aliphatic heterocycles. The zero-order valence-corrected chi connectivity index (χ0v) is 11.5. The molecule has 2 N–H and O–H groups in total. The highest BCUT2D eigenvalue weighted by atomic mass is 79.9. The zero-order chi connectivity index (χ0) is 13.9. The van der Waals surface area contributed by atoms with E-state index in [1.807, 2.05) is 6.92 Å². The fraction of sp³-hybridized carbons (Fsp3) is 0.333. The molecule has 0 radical (unpaired) electrons. The van der Waals surface area contributed by atoms with E-state index in [9.17, 15) is 14.0 Å². The van der Waals surface area contributed by atoms with Gasteiger partial charge in [-0.25, -0.2) is 9.18 Å². The van der Waals surface area contributed by atoms with Crippen LogP contribution in [0, 0.1) is 13.8 Å². The highest BCUT2D eigenvalue weighted by molar-refractivity contribution is 9.10. The average molecular weight is 318 g/mol. The number of alkyl halides is 1. The highest BCUT2D eigenvalue weighted by Gasteiger charge is 2.21. The first kappa shape index (κ1) is 14.6. The summed E-state index contributed by atoms with van der Waals surface area (Å²) in [5.74, 6) is -1.98. The van der Waals surface area contributed by atoms with Gasteiger partial charge in [0.1, 0.15) is 6.67 Å². The van der Waals surface area contributed by atoms with Crippen molar-refractivity contribution >= 4 is 27.8 Å². The third-order valence-corrected chi connectivity index (χ3v) is 3.36. The van der Waals surface area contributed by atoms with Crippen LogP contribution in [0.5, 0.6) is 0 Å². The number of aryl methyl sites for hydroxylation is 2. The van der Waals surface area contributed by atoms with Crippen molar-refractivity contribution in [2.45, 2.75) is 19.9 Å². The number of rotatable bonds is 4. The van der Waals surface area contributed by atoms with Gasteiger partial charge in [0, 0.05) is 10.0 Å². The molecule has 0 aliphatic rings. The van der Waals surface area contributed by atoms with Gasteiger partial charge in [-0.05, 0) is 37.1 Å². The van der Waals surface area contributed by atoms with Crippen molar-refractivity contribution in [3.63, 3.8) is 0 Å². The summed E-state index contributed by atoms with van der Waals surface area (Å²) in [5.41, 5.74) is 1.88. The molecule has 0 saturated carbocycles. The summed E-state index contributed by atoms with van der Waals surface area (Å²) in [4.78, 5) is 22.5. The fourth-order valence-corrected chi connectivity index (χ4v) is 1.89. The molecular formula is C12H13BrFNO3. The van der Waals surface area contributed by atoms with Gasteiger partial charge in [0.25, 0.3) is 5.91 Å². The van der Waals surface area contributed by atoms with Crippen LogP contribution in [0.4, 0.5) is 4.39 Å². The predicted octanol–water partition coefficient (Wildman–Crippen LogP) is 2.22. The molecule has 0 aliphatic carbocycles. The Bertz CT molecular complexity index is 490. The maximum atomic E-state index is 12.4. The van der Waals surface area contributed by atoms with E-state index in [0.717, 1.165) is 10.0 Å². The van der Waals surface area contributed by atoms with Crippen LogP contribution in [-0.4, -0.2) is 29.7 Å². The molecular weight excluding hydrogens is 305 g/mol. The van der Waals surface area contributed by atoms with Crippen LogP contribution < -0.4 is 5.32 Å². The Morgan fingerprint density at radius 1 is 1.39 bits per heavy atom. The van der Waals surface area contributed by atoms with Crippen LogP contribution in [-0.2, 0) is 4.79 Å². The van der Waals surface area contributed by atoms with Gasteiger partial charge in [0.05, 0.1) is 0 Å². The van der Waals surface area contributed by atoms with Gasteiger partial charge in [0.2, 0.25) is 0 Å². The third kappa shape index (κ3) is 3.29. The Hall–Kier alpha value is -1.43. The number of carbonyl (C=O) groups excluding carboxylic acids is 1. The topological polar surface area (TPSA) is 66.4 Å². The van der Waals surface area contributed by atoms with E-state index in [2.05, 4.69) is 21.2 Å². The number of aliphatic carboxylic acids is 1. The Morgan fingerprint density at radius 3 is 2.50 bits per heavy atom. The SMILES string of the molecule is Cc1cc(C(=O)NC(CF)C(=O)O)c(C)cc1Br. The predicted molar refractivity (Wildman–Crippen MR) is 68.5 cm³/mol. The fourth-order valence-electron chi connectivity index (χ4n) is 1.43. The number of nitrogens with one attached hydrogen (secondary N) is 1. The minimum atomic E-state index is -1.51. The maximum absolute atomic E-state index is 12.4. The molecule has 1 rings (SSSR count). The molecule has 0 spiro atoms.